The molecule has 0 amide bonds. The van der Waals surface area contributed by atoms with Crippen LogP contribution in [0.5, 0.6) is 5.75 Å². The van der Waals surface area contributed by atoms with Crippen molar-refractivity contribution in [3.8, 4) is 5.75 Å². The molecular formula is C12H19NO2S. The molecule has 4 heteroatoms. The SMILES string of the molecule is COc1ccc(CNCCCO)cc1SC. The molecule has 0 aromatic heterocycles. The van der Waals surface area contributed by atoms with Crippen molar-refractivity contribution in [2.75, 3.05) is 26.5 Å². The number of hydrogen-bond donors (Lipinski definition) is 2. The standard InChI is InChI=1S/C12H19NO2S/c1-15-11-5-4-10(8-12(11)16-2)9-13-6-3-7-14/h4-5,8,13-14H,3,6-7,9H2,1-2H3. The number of nitrogens with one attached hydrogen (secondary N) is 1. The Balaban J connectivity index is 2.54. The van der Waals surface area contributed by atoms with E-state index in [1.54, 1.807) is 18.9 Å². The van der Waals surface area contributed by atoms with Gasteiger partial charge in [-0.2, -0.15) is 0 Å². The third-order valence-electron chi connectivity index (χ3n) is 2.29. The Morgan fingerprint density at radius 2 is 2.25 bits per heavy atom. The molecule has 2 N–H and O–H groups in total. The van der Waals surface area contributed by atoms with Crippen LogP contribution >= 0.6 is 11.8 Å². The summed E-state index contributed by atoms with van der Waals surface area (Å²) in [5.41, 5.74) is 1.24. The van der Waals surface area contributed by atoms with Gasteiger partial charge in [0.2, 0.25) is 0 Å². The van der Waals surface area contributed by atoms with E-state index in [1.165, 1.54) is 5.56 Å². The van der Waals surface area contributed by atoms with E-state index >= 15 is 0 Å². The van der Waals surface area contributed by atoms with Crippen molar-refractivity contribution < 1.29 is 9.84 Å². The lowest BCUT2D eigenvalue weighted by molar-refractivity contribution is 0.286. The summed E-state index contributed by atoms with van der Waals surface area (Å²) in [6.45, 7) is 1.92. The highest BCUT2D eigenvalue weighted by molar-refractivity contribution is 7.98. The number of rotatable bonds is 7. The minimum absolute atomic E-state index is 0.242. The van der Waals surface area contributed by atoms with Crippen molar-refractivity contribution in [2.24, 2.45) is 0 Å². The maximum absolute atomic E-state index is 8.65. The highest BCUT2D eigenvalue weighted by atomic mass is 32.2. The zero-order chi connectivity index (χ0) is 11.8. The van der Waals surface area contributed by atoms with Crippen LogP contribution in [0.4, 0.5) is 0 Å². The number of thioether (sulfide) groups is 1. The summed E-state index contributed by atoms with van der Waals surface area (Å²) in [6.07, 6.45) is 2.84. The van der Waals surface area contributed by atoms with Crippen LogP contribution in [0.1, 0.15) is 12.0 Å². The molecule has 90 valence electrons. The first-order valence-electron chi connectivity index (χ1n) is 5.34. The minimum atomic E-state index is 0.242. The molecule has 0 aliphatic heterocycles. The van der Waals surface area contributed by atoms with E-state index in [1.807, 2.05) is 12.3 Å². The second-order valence-corrected chi connectivity index (χ2v) is 4.29. The topological polar surface area (TPSA) is 41.5 Å². The van der Waals surface area contributed by atoms with Crippen LogP contribution in [-0.2, 0) is 6.54 Å². The van der Waals surface area contributed by atoms with Crippen LogP contribution in [0, 0.1) is 0 Å². The molecule has 0 radical (unpaired) electrons. The van der Waals surface area contributed by atoms with Crippen molar-refractivity contribution in [3.05, 3.63) is 23.8 Å². The van der Waals surface area contributed by atoms with Crippen LogP contribution < -0.4 is 10.1 Å². The Labute approximate surface area is 101 Å². The van der Waals surface area contributed by atoms with E-state index < -0.39 is 0 Å². The van der Waals surface area contributed by atoms with E-state index in [0.717, 1.165) is 30.2 Å². The fourth-order valence-electron chi connectivity index (χ4n) is 1.43. The molecule has 1 aromatic rings. The summed E-state index contributed by atoms with van der Waals surface area (Å²) in [6, 6.07) is 6.19. The lowest BCUT2D eigenvalue weighted by Gasteiger charge is -2.09. The highest BCUT2D eigenvalue weighted by Crippen LogP contribution is 2.28. The second-order valence-electron chi connectivity index (χ2n) is 3.44. The maximum atomic E-state index is 8.65. The average Bonchev–Trinajstić information content (AvgIpc) is 2.34. The fraction of sp³-hybridized carbons (Fsp3) is 0.500. The number of ether oxygens (including phenoxy) is 1. The normalized spacial score (nSPS) is 10.4. The zero-order valence-electron chi connectivity index (χ0n) is 9.82. The summed E-state index contributed by atoms with van der Waals surface area (Å²) < 4.78 is 5.26. The summed E-state index contributed by atoms with van der Waals surface area (Å²) in [5, 5.41) is 11.9. The Kier molecular flexibility index (Phi) is 6.30. The smallest absolute Gasteiger partial charge is 0.132 e. The average molecular weight is 241 g/mol. The maximum Gasteiger partial charge on any atom is 0.132 e. The molecule has 0 aliphatic carbocycles. The highest BCUT2D eigenvalue weighted by Gasteiger charge is 2.02. The molecule has 0 fully saturated rings. The largest absolute Gasteiger partial charge is 0.496 e. The zero-order valence-corrected chi connectivity index (χ0v) is 10.6. The molecule has 0 spiro atoms. The van der Waals surface area contributed by atoms with Crippen molar-refractivity contribution in [1.29, 1.82) is 0 Å². The van der Waals surface area contributed by atoms with Gasteiger partial charge in [-0.05, 0) is 36.9 Å². The predicted molar refractivity (Wildman–Crippen MR) is 68.2 cm³/mol. The quantitative estimate of drug-likeness (QED) is 0.565. The van der Waals surface area contributed by atoms with Crippen LogP contribution in [0.2, 0.25) is 0 Å². The van der Waals surface area contributed by atoms with Crippen molar-refractivity contribution in [2.45, 2.75) is 17.9 Å². The number of benzene rings is 1. The van der Waals surface area contributed by atoms with Crippen LogP contribution in [0.25, 0.3) is 0 Å². The summed E-state index contributed by atoms with van der Waals surface area (Å²) in [4.78, 5) is 1.16. The molecule has 0 atom stereocenters. The minimum Gasteiger partial charge on any atom is -0.496 e. The van der Waals surface area contributed by atoms with Crippen molar-refractivity contribution >= 4 is 11.8 Å². The molecule has 0 unspecified atom stereocenters. The molecule has 0 saturated heterocycles. The molecule has 0 heterocycles. The number of hydrogen-bond acceptors (Lipinski definition) is 4. The predicted octanol–water partition coefficient (Wildman–Crippen LogP) is 1.89. The fourth-order valence-corrected chi connectivity index (χ4v) is 2.05. The second kappa shape index (κ2) is 7.54. The van der Waals surface area contributed by atoms with Gasteiger partial charge >= 0.3 is 0 Å². The van der Waals surface area contributed by atoms with E-state index in [-0.39, 0.29) is 6.61 Å². The molecule has 16 heavy (non-hydrogen) atoms. The van der Waals surface area contributed by atoms with E-state index in [4.69, 9.17) is 9.84 Å². The van der Waals surface area contributed by atoms with Crippen LogP contribution in [-0.4, -0.2) is 31.6 Å². The van der Waals surface area contributed by atoms with E-state index in [9.17, 15) is 0 Å². The van der Waals surface area contributed by atoms with E-state index in [0.29, 0.717) is 0 Å². The Bertz CT molecular complexity index is 318. The van der Waals surface area contributed by atoms with Crippen molar-refractivity contribution in [1.82, 2.24) is 5.32 Å². The van der Waals surface area contributed by atoms with Gasteiger partial charge in [0, 0.05) is 18.0 Å². The Morgan fingerprint density at radius 1 is 1.44 bits per heavy atom. The summed E-state index contributed by atoms with van der Waals surface area (Å²) in [5.74, 6) is 0.923. The lowest BCUT2D eigenvalue weighted by Crippen LogP contribution is -2.15. The third-order valence-corrected chi connectivity index (χ3v) is 3.05. The molecule has 0 aliphatic rings. The van der Waals surface area contributed by atoms with Gasteiger partial charge in [0.1, 0.15) is 5.75 Å². The summed E-state index contributed by atoms with van der Waals surface area (Å²) >= 11 is 1.69. The van der Waals surface area contributed by atoms with Gasteiger partial charge in [-0.25, -0.2) is 0 Å². The van der Waals surface area contributed by atoms with Crippen LogP contribution in [0.15, 0.2) is 23.1 Å². The molecule has 1 aromatic carbocycles. The van der Waals surface area contributed by atoms with Crippen LogP contribution in [0.3, 0.4) is 0 Å². The lowest BCUT2D eigenvalue weighted by atomic mass is 10.2. The van der Waals surface area contributed by atoms with Gasteiger partial charge in [0.05, 0.1) is 7.11 Å². The van der Waals surface area contributed by atoms with Crippen molar-refractivity contribution in [3.63, 3.8) is 0 Å². The van der Waals surface area contributed by atoms with E-state index in [2.05, 4.69) is 17.4 Å². The number of methoxy groups -OCH3 is 1. The Hall–Kier alpha value is -0.710. The van der Waals surface area contributed by atoms with Gasteiger partial charge < -0.3 is 15.2 Å². The molecule has 0 saturated carbocycles. The molecule has 1 rings (SSSR count). The van der Waals surface area contributed by atoms with Gasteiger partial charge in [-0.1, -0.05) is 6.07 Å². The first kappa shape index (κ1) is 13.4. The first-order valence-corrected chi connectivity index (χ1v) is 6.56. The number of aliphatic hydroxyl groups is 1. The monoisotopic (exact) mass is 241 g/mol. The third kappa shape index (κ3) is 4.04. The van der Waals surface area contributed by atoms with Gasteiger partial charge in [0.25, 0.3) is 0 Å². The number of aliphatic hydroxyl groups excluding tert-OH is 1. The van der Waals surface area contributed by atoms with Gasteiger partial charge in [0.15, 0.2) is 0 Å². The Morgan fingerprint density at radius 3 is 2.88 bits per heavy atom. The molecule has 3 nitrogen and oxygen atoms in total. The summed E-state index contributed by atoms with van der Waals surface area (Å²) in [7, 11) is 1.69. The molecular weight excluding hydrogens is 222 g/mol. The van der Waals surface area contributed by atoms with Gasteiger partial charge in [-0.15, -0.1) is 11.8 Å². The molecule has 0 bridgehead atoms. The first-order chi connectivity index (χ1) is 7.81. The van der Waals surface area contributed by atoms with Gasteiger partial charge in [-0.3, -0.25) is 0 Å².